The van der Waals surface area contributed by atoms with Crippen LogP contribution in [0.25, 0.3) is 0 Å². The van der Waals surface area contributed by atoms with Gasteiger partial charge in [-0.1, -0.05) is 41.5 Å². The molecule has 0 spiro atoms. The molecule has 0 aliphatic rings. The number of hydrogen-bond donors (Lipinski definition) is 1. The minimum atomic E-state index is -2.55. The molecule has 0 unspecified atom stereocenters. The second-order valence-electron chi connectivity index (χ2n) is 3.93. The summed E-state index contributed by atoms with van der Waals surface area (Å²) in [5.41, 5.74) is 0. The van der Waals surface area contributed by atoms with E-state index in [1.165, 1.54) is 0 Å². The van der Waals surface area contributed by atoms with Crippen LogP contribution in [0.5, 0.6) is 0 Å². The smallest absolute Gasteiger partial charge is 0.0445 e. The zero-order valence-corrected chi connectivity index (χ0v) is 13.3. The van der Waals surface area contributed by atoms with E-state index in [9.17, 15) is 4.21 Å². The van der Waals surface area contributed by atoms with Crippen molar-refractivity contribution in [3.05, 3.63) is 0 Å². The van der Waals surface area contributed by atoms with Crippen molar-refractivity contribution in [3.63, 3.8) is 0 Å². The molecule has 0 atom stereocenters. The fraction of sp³-hybridized carbons (Fsp3) is 1.00. The van der Waals surface area contributed by atoms with Crippen molar-refractivity contribution in [3.8, 4) is 0 Å². The van der Waals surface area contributed by atoms with E-state index >= 15 is 0 Å². The van der Waals surface area contributed by atoms with Gasteiger partial charge in [0, 0.05) is 49.8 Å². The summed E-state index contributed by atoms with van der Waals surface area (Å²) < 4.78 is 19.8. The van der Waals surface area contributed by atoms with Gasteiger partial charge in [0.25, 0.3) is 0 Å². The Kier molecular flexibility index (Phi) is 8.20. The average molecular weight is 265 g/mol. The maximum atomic E-state index is 13.5. The van der Waals surface area contributed by atoms with E-state index in [-0.39, 0.29) is 0 Å². The summed E-state index contributed by atoms with van der Waals surface area (Å²) in [6, 6.07) is 0. The van der Waals surface area contributed by atoms with Crippen LogP contribution in [0.3, 0.4) is 0 Å². The van der Waals surface area contributed by atoms with Crippen LogP contribution in [0.4, 0.5) is 0 Å². The molecule has 0 amide bonds. The summed E-state index contributed by atoms with van der Waals surface area (Å²) in [5.74, 6) is 0. The monoisotopic (exact) mass is 265 g/mol. The Bertz CT molecular complexity index is 198. The highest BCUT2D eigenvalue weighted by Crippen LogP contribution is 2.22. The van der Waals surface area contributed by atoms with Crippen molar-refractivity contribution in [2.75, 3.05) is 39.3 Å². The maximum Gasteiger partial charge on any atom is 0.0445 e. The van der Waals surface area contributed by atoms with Gasteiger partial charge in [-0.25, -0.2) is 17.1 Å². The van der Waals surface area contributed by atoms with E-state index in [1.54, 1.807) is 0 Å². The zero-order valence-electron chi connectivity index (χ0n) is 12.4. The Balaban J connectivity index is 5.38. The van der Waals surface area contributed by atoms with E-state index in [1.807, 2.05) is 0 Å². The van der Waals surface area contributed by atoms with Crippen LogP contribution >= 0.6 is 0 Å². The van der Waals surface area contributed by atoms with Gasteiger partial charge in [0.15, 0.2) is 0 Å². The minimum Gasteiger partial charge on any atom is -0.242 e. The van der Waals surface area contributed by atoms with Gasteiger partial charge in [-0.3, -0.25) is 0 Å². The molecule has 0 heterocycles. The summed E-state index contributed by atoms with van der Waals surface area (Å²) in [4.78, 5) is 0. The molecule has 0 aliphatic heterocycles. The van der Waals surface area contributed by atoms with Crippen molar-refractivity contribution in [1.82, 2.24) is 12.9 Å². The number of rotatable bonds is 9. The summed E-state index contributed by atoms with van der Waals surface area (Å²) >= 11 is 0. The molecule has 0 aliphatic carbocycles. The summed E-state index contributed by atoms with van der Waals surface area (Å²) in [6.07, 6.45) is 0. The number of thiol groups is 1. The normalized spacial score (nSPS) is 13.9. The highest BCUT2D eigenvalue weighted by atomic mass is 32.3. The molecule has 0 bridgehead atoms. The fourth-order valence-electron chi connectivity index (χ4n) is 2.31. The van der Waals surface area contributed by atoms with Gasteiger partial charge in [0.05, 0.1) is 0 Å². The Morgan fingerprint density at radius 2 is 0.765 bits per heavy atom. The standard InChI is InChI=1S/C12H31N3OS/c1-7-13(8-2)17(16,14(9-3)10-4)15(11-5)12-6/h17H,7-12H2,1-6H3. The van der Waals surface area contributed by atoms with Gasteiger partial charge in [-0.15, -0.1) is 0 Å². The first-order chi connectivity index (χ1) is 8.06. The van der Waals surface area contributed by atoms with Crippen molar-refractivity contribution < 1.29 is 4.21 Å². The fourth-order valence-corrected chi connectivity index (χ4v) is 5.60. The van der Waals surface area contributed by atoms with Crippen molar-refractivity contribution in [1.29, 1.82) is 0 Å². The van der Waals surface area contributed by atoms with Crippen molar-refractivity contribution in [2.24, 2.45) is 0 Å². The number of hydrogen-bond acceptors (Lipinski definition) is 1. The molecule has 5 heteroatoms. The largest absolute Gasteiger partial charge is 0.242 e. The van der Waals surface area contributed by atoms with Gasteiger partial charge in [0.1, 0.15) is 0 Å². The predicted molar refractivity (Wildman–Crippen MR) is 78.3 cm³/mol. The van der Waals surface area contributed by atoms with Gasteiger partial charge >= 0.3 is 0 Å². The molecule has 4 nitrogen and oxygen atoms in total. The third-order valence-electron chi connectivity index (χ3n) is 3.30. The molecule has 0 saturated heterocycles. The molecule has 0 fully saturated rings. The minimum absolute atomic E-state index is 0.834. The van der Waals surface area contributed by atoms with Crippen LogP contribution in [0, 0.1) is 0 Å². The lowest BCUT2D eigenvalue weighted by atomic mass is 10.7. The first kappa shape index (κ1) is 17.0. The highest BCUT2D eigenvalue weighted by Gasteiger charge is 2.31. The molecule has 0 aromatic rings. The number of nitrogens with zero attached hydrogens (tertiary/aromatic N) is 3. The molecule has 0 N–H and O–H groups in total. The first-order valence-electron chi connectivity index (χ1n) is 6.92. The van der Waals surface area contributed by atoms with E-state index in [0.717, 1.165) is 39.3 Å². The Hall–Kier alpha value is 0.0300. The Morgan fingerprint density at radius 3 is 0.882 bits per heavy atom. The molecule has 106 valence electrons. The Labute approximate surface area is 109 Å². The van der Waals surface area contributed by atoms with Gasteiger partial charge < -0.3 is 0 Å². The third-order valence-corrected chi connectivity index (χ3v) is 7.20. The molecule has 17 heavy (non-hydrogen) atoms. The lowest BCUT2D eigenvalue weighted by Gasteiger charge is -2.48. The van der Waals surface area contributed by atoms with E-state index < -0.39 is 10.5 Å². The molecule has 0 rings (SSSR count). The maximum absolute atomic E-state index is 13.5. The lowest BCUT2D eigenvalue weighted by molar-refractivity contribution is 0.323. The van der Waals surface area contributed by atoms with E-state index in [0.29, 0.717) is 0 Å². The third kappa shape index (κ3) is 3.50. The quantitative estimate of drug-likeness (QED) is 0.632. The van der Waals surface area contributed by atoms with E-state index in [2.05, 4.69) is 54.5 Å². The van der Waals surface area contributed by atoms with Crippen LogP contribution in [0.15, 0.2) is 0 Å². The molecular weight excluding hydrogens is 234 g/mol. The first-order valence-corrected chi connectivity index (χ1v) is 8.49. The van der Waals surface area contributed by atoms with Crippen molar-refractivity contribution in [2.45, 2.75) is 41.5 Å². The topological polar surface area (TPSA) is 26.8 Å². The molecule has 0 radical (unpaired) electrons. The second kappa shape index (κ2) is 8.19. The molecular formula is C12H31N3OS. The Morgan fingerprint density at radius 1 is 0.588 bits per heavy atom. The van der Waals surface area contributed by atoms with Crippen LogP contribution in [-0.4, -0.2) is 56.4 Å². The van der Waals surface area contributed by atoms with Gasteiger partial charge in [0.2, 0.25) is 0 Å². The summed E-state index contributed by atoms with van der Waals surface area (Å²) in [7, 11) is -2.55. The van der Waals surface area contributed by atoms with Crippen LogP contribution in [0.2, 0.25) is 0 Å². The summed E-state index contributed by atoms with van der Waals surface area (Å²) in [5, 5.41) is 0. The lowest BCUT2D eigenvalue weighted by Crippen LogP contribution is -2.58. The molecule has 0 aromatic heterocycles. The van der Waals surface area contributed by atoms with Crippen LogP contribution in [-0.2, 0) is 10.5 Å². The molecule has 0 saturated carbocycles. The zero-order chi connectivity index (χ0) is 13.5. The SMILES string of the molecule is CCN(CC)[SH](=O)(N(CC)CC)N(CC)CC. The van der Waals surface area contributed by atoms with Crippen LogP contribution < -0.4 is 0 Å². The molecule has 0 aromatic carbocycles. The highest BCUT2D eigenvalue weighted by molar-refractivity contribution is 7.96. The van der Waals surface area contributed by atoms with Gasteiger partial charge in [-0.05, 0) is 0 Å². The van der Waals surface area contributed by atoms with Gasteiger partial charge in [-0.2, -0.15) is 0 Å². The summed E-state index contributed by atoms with van der Waals surface area (Å²) in [6.45, 7) is 17.5. The second-order valence-corrected chi connectivity index (χ2v) is 6.65. The van der Waals surface area contributed by atoms with Crippen LogP contribution in [0.1, 0.15) is 41.5 Å². The predicted octanol–water partition coefficient (Wildman–Crippen LogP) is 1.77. The average Bonchev–Trinajstić information content (AvgIpc) is 2.33. The van der Waals surface area contributed by atoms with E-state index in [4.69, 9.17) is 0 Å². The van der Waals surface area contributed by atoms with Crippen molar-refractivity contribution >= 4 is 10.5 Å².